The summed E-state index contributed by atoms with van der Waals surface area (Å²) in [5.41, 5.74) is 6.48. The fourth-order valence-corrected chi connectivity index (χ4v) is 3.14. The lowest BCUT2D eigenvalue weighted by Gasteiger charge is -2.12. The van der Waals surface area contributed by atoms with Gasteiger partial charge in [0.2, 0.25) is 0 Å². The van der Waals surface area contributed by atoms with Gasteiger partial charge in [-0.1, -0.05) is 0 Å². The predicted octanol–water partition coefficient (Wildman–Crippen LogP) is 2.39. The predicted molar refractivity (Wildman–Crippen MR) is 77.5 cm³/mol. The van der Waals surface area contributed by atoms with Gasteiger partial charge < -0.3 is 5.73 Å². The van der Waals surface area contributed by atoms with Crippen LogP contribution in [-0.2, 0) is 10.0 Å². The molecule has 0 atom stereocenters. The van der Waals surface area contributed by atoms with Crippen molar-refractivity contribution in [2.24, 2.45) is 0 Å². The molecule has 2 rings (SSSR count). The summed E-state index contributed by atoms with van der Waals surface area (Å²) in [6.07, 6.45) is 0. The van der Waals surface area contributed by atoms with Crippen LogP contribution in [0.5, 0.6) is 0 Å². The summed E-state index contributed by atoms with van der Waals surface area (Å²) in [6, 6.07) is 9.54. The smallest absolute Gasteiger partial charge is 0.262 e. The third-order valence-electron chi connectivity index (χ3n) is 2.85. The van der Waals surface area contributed by atoms with Crippen LogP contribution in [0.1, 0.15) is 11.1 Å². The molecular formula is C14H12FN3O2S. The van der Waals surface area contributed by atoms with Crippen molar-refractivity contribution < 1.29 is 12.8 Å². The van der Waals surface area contributed by atoms with Crippen LogP contribution in [0.25, 0.3) is 0 Å². The van der Waals surface area contributed by atoms with Crippen molar-refractivity contribution in [2.75, 3.05) is 10.5 Å². The second kappa shape index (κ2) is 5.42. The van der Waals surface area contributed by atoms with Crippen LogP contribution in [0.3, 0.4) is 0 Å². The first-order valence-corrected chi connectivity index (χ1v) is 7.40. The molecule has 2 aromatic carbocycles. The largest absolute Gasteiger partial charge is 0.397 e. The van der Waals surface area contributed by atoms with Gasteiger partial charge in [-0.3, -0.25) is 4.72 Å². The van der Waals surface area contributed by atoms with Crippen LogP contribution in [-0.4, -0.2) is 8.42 Å². The minimum atomic E-state index is -3.91. The molecule has 0 fully saturated rings. The van der Waals surface area contributed by atoms with E-state index in [9.17, 15) is 12.8 Å². The summed E-state index contributed by atoms with van der Waals surface area (Å²) in [5.74, 6) is -0.599. The SMILES string of the molecule is Cc1cc(C#N)ccc1S(=O)(=O)Nc1cc(F)ccc1N. The number of rotatable bonds is 3. The van der Waals surface area contributed by atoms with E-state index in [4.69, 9.17) is 11.0 Å². The van der Waals surface area contributed by atoms with E-state index in [0.29, 0.717) is 11.1 Å². The normalized spacial score (nSPS) is 10.9. The molecule has 0 bridgehead atoms. The first kappa shape index (κ1) is 14.8. The molecule has 7 heteroatoms. The highest BCUT2D eigenvalue weighted by molar-refractivity contribution is 7.92. The molecular weight excluding hydrogens is 293 g/mol. The number of hydrogen-bond acceptors (Lipinski definition) is 4. The van der Waals surface area contributed by atoms with Crippen molar-refractivity contribution in [1.82, 2.24) is 0 Å². The van der Waals surface area contributed by atoms with Crippen molar-refractivity contribution in [3.05, 3.63) is 53.3 Å². The number of nitrogens with two attached hydrogens (primary N) is 1. The minimum absolute atomic E-state index is 0.00478. The average Bonchev–Trinajstić information content (AvgIpc) is 2.42. The molecule has 0 saturated carbocycles. The lowest BCUT2D eigenvalue weighted by atomic mass is 10.2. The Labute approximate surface area is 121 Å². The number of nitrogens with one attached hydrogen (secondary N) is 1. The molecule has 0 aliphatic carbocycles. The zero-order chi connectivity index (χ0) is 15.6. The summed E-state index contributed by atoms with van der Waals surface area (Å²) < 4.78 is 40.0. The van der Waals surface area contributed by atoms with Crippen LogP contribution in [0.4, 0.5) is 15.8 Å². The molecule has 0 unspecified atom stereocenters. The third-order valence-corrected chi connectivity index (χ3v) is 4.38. The molecule has 108 valence electrons. The summed E-state index contributed by atoms with van der Waals surface area (Å²) in [5, 5.41) is 8.78. The molecule has 0 aliphatic heterocycles. The highest BCUT2D eigenvalue weighted by Crippen LogP contribution is 2.24. The fourth-order valence-electron chi connectivity index (χ4n) is 1.84. The first-order valence-electron chi connectivity index (χ1n) is 5.92. The van der Waals surface area contributed by atoms with Crippen LogP contribution in [0.15, 0.2) is 41.3 Å². The number of nitrogens with zero attached hydrogens (tertiary/aromatic N) is 1. The summed E-state index contributed by atoms with van der Waals surface area (Å²) in [7, 11) is -3.91. The second-order valence-electron chi connectivity index (χ2n) is 4.43. The number of anilines is 2. The van der Waals surface area contributed by atoms with Gasteiger partial charge in [0, 0.05) is 6.07 Å². The maximum absolute atomic E-state index is 13.2. The molecule has 0 amide bonds. The van der Waals surface area contributed by atoms with E-state index in [0.717, 1.165) is 12.1 Å². The van der Waals surface area contributed by atoms with Gasteiger partial charge in [-0.05, 0) is 42.8 Å². The highest BCUT2D eigenvalue weighted by Gasteiger charge is 2.18. The molecule has 5 nitrogen and oxygen atoms in total. The van der Waals surface area contributed by atoms with Crippen molar-refractivity contribution >= 4 is 21.4 Å². The molecule has 0 heterocycles. The van der Waals surface area contributed by atoms with Crippen LogP contribution >= 0.6 is 0 Å². The number of nitrogen functional groups attached to an aromatic ring is 1. The standard InChI is InChI=1S/C14H12FN3O2S/c1-9-6-10(8-16)2-5-14(9)21(19,20)18-13-7-11(15)3-4-12(13)17/h2-7,18H,17H2,1H3. The van der Waals surface area contributed by atoms with Gasteiger partial charge in [0.1, 0.15) is 5.82 Å². The van der Waals surface area contributed by atoms with E-state index in [1.165, 1.54) is 24.3 Å². The van der Waals surface area contributed by atoms with Crippen molar-refractivity contribution in [1.29, 1.82) is 5.26 Å². The second-order valence-corrected chi connectivity index (χ2v) is 6.08. The lowest BCUT2D eigenvalue weighted by molar-refractivity contribution is 0.600. The molecule has 2 aromatic rings. The van der Waals surface area contributed by atoms with Crippen molar-refractivity contribution in [3.63, 3.8) is 0 Å². The molecule has 0 radical (unpaired) electrons. The Morgan fingerprint density at radius 3 is 2.57 bits per heavy atom. The molecule has 3 N–H and O–H groups in total. The van der Waals surface area contributed by atoms with Gasteiger partial charge in [0.05, 0.1) is 27.9 Å². The molecule has 0 saturated heterocycles. The summed E-state index contributed by atoms with van der Waals surface area (Å²) in [4.78, 5) is 0.00478. The minimum Gasteiger partial charge on any atom is -0.397 e. The summed E-state index contributed by atoms with van der Waals surface area (Å²) in [6.45, 7) is 1.57. The Balaban J connectivity index is 2.44. The maximum atomic E-state index is 13.2. The van der Waals surface area contributed by atoms with Gasteiger partial charge in [-0.25, -0.2) is 12.8 Å². The molecule has 21 heavy (non-hydrogen) atoms. The van der Waals surface area contributed by atoms with E-state index < -0.39 is 15.8 Å². The summed E-state index contributed by atoms with van der Waals surface area (Å²) >= 11 is 0. The zero-order valence-electron chi connectivity index (χ0n) is 11.1. The zero-order valence-corrected chi connectivity index (χ0v) is 11.9. The number of benzene rings is 2. The Morgan fingerprint density at radius 1 is 1.24 bits per heavy atom. The molecule has 0 spiro atoms. The Morgan fingerprint density at radius 2 is 1.95 bits per heavy atom. The van der Waals surface area contributed by atoms with E-state index in [1.807, 2.05) is 6.07 Å². The number of halogens is 1. The van der Waals surface area contributed by atoms with Gasteiger partial charge in [0.15, 0.2) is 0 Å². The van der Waals surface area contributed by atoms with Crippen molar-refractivity contribution in [3.8, 4) is 6.07 Å². The van der Waals surface area contributed by atoms with Gasteiger partial charge >= 0.3 is 0 Å². The topological polar surface area (TPSA) is 96.0 Å². The Hall–Kier alpha value is -2.59. The van der Waals surface area contributed by atoms with E-state index in [2.05, 4.69) is 4.72 Å². The monoisotopic (exact) mass is 305 g/mol. The fraction of sp³-hybridized carbons (Fsp3) is 0.0714. The van der Waals surface area contributed by atoms with Gasteiger partial charge in [-0.2, -0.15) is 5.26 Å². The average molecular weight is 305 g/mol. The molecule has 0 aliphatic rings. The highest BCUT2D eigenvalue weighted by atomic mass is 32.2. The number of sulfonamides is 1. The van der Waals surface area contributed by atoms with Gasteiger partial charge in [0.25, 0.3) is 10.0 Å². The van der Waals surface area contributed by atoms with Crippen LogP contribution in [0.2, 0.25) is 0 Å². The Bertz CT molecular complexity index is 842. The number of nitriles is 1. The Kier molecular flexibility index (Phi) is 3.82. The number of hydrogen-bond donors (Lipinski definition) is 2. The number of aryl methyl sites for hydroxylation is 1. The van der Waals surface area contributed by atoms with E-state index in [1.54, 1.807) is 6.92 Å². The van der Waals surface area contributed by atoms with E-state index >= 15 is 0 Å². The lowest BCUT2D eigenvalue weighted by Crippen LogP contribution is -2.15. The quantitative estimate of drug-likeness (QED) is 0.851. The van der Waals surface area contributed by atoms with Gasteiger partial charge in [-0.15, -0.1) is 0 Å². The van der Waals surface area contributed by atoms with E-state index in [-0.39, 0.29) is 16.3 Å². The third kappa shape index (κ3) is 3.12. The van der Waals surface area contributed by atoms with Crippen LogP contribution in [0, 0.1) is 24.1 Å². The van der Waals surface area contributed by atoms with Crippen LogP contribution < -0.4 is 10.5 Å². The van der Waals surface area contributed by atoms with Crippen molar-refractivity contribution in [2.45, 2.75) is 11.8 Å². The molecule has 0 aromatic heterocycles. The maximum Gasteiger partial charge on any atom is 0.262 e. The first-order chi connectivity index (χ1) is 9.83.